The van der Waals surface area contributed by atoms with E-state index in [1.54, 1.807) is 24.0 Å². The first-order valence-corrected chi connectivity index (χ1v) is 9.79. The third-order valence-corrected chi connectivity index (χ3v) is 4.92. The van der Waals surface area contributed by atoms with E-state index >= 15 is 0 Å². The Morgan fingerprint density at radius 2 is 1.64 bits per heavy atom. The first-order chi connectivity index (χ1) is 13.4. The second-order valence-electron chi connectivity index (χ2n) is 7.12. The summed E-state index contributed by atoms with van der Waals surface area (Å²) < 4.78 is 13.1. The minimum absolute atomic E-state index is 0.0538. The summed E-state index contributed by atoms with van der Waals surface area (Å²) in [7, 11) is 0. The van der Waals surface area contributed by atoms with Gasteiger partial charge in [0.1, 0.15) is 11.9 Å². The predicted octanol–water partition coefficient (Wildman–Crippen LogP) is 3.74. The Balaban J connectivity index is 2.12. The largest absolute Gasteiger partial charge is 0.352 e. The van der Waals surface area contributed by atoms with Crippen molar-refractivity contribution in [2.75, 3.05) is 6.54 Å². The number of carbonyl (C=O) groups excluding carboxylic acids is 2. The minimum atomic E-state index is -0.578. The van der Waals surface area contributed by atoms with Gasteiger partial charge in [0.15, 0.2) is 0 Å². The number of hydrogen-bond acceptors (Lipinski definition) is 2. The Kier molecular flexibility index (Phi) is 8.18. The van der Waals surface area contributed by atoms with Gasteiger partial charge in [-0.3, -0.25) is 9.59 Å². The van der Waals surface area contributed by atoms with Crippen LogP contribution in [0.15, 0.2) is 54.6 Å². The maximum absolute atomic E-state index is 13.1. The van der Waals surface area contributed by atoms with Crippen molar-refractivity contribution in [1.82, 2.24) is 10.2 Å². The lowest BCUT2D eigenvalue weighted by Gasteiger charge is -2.29. The topological polar surface area (TPSA) is 49.4 Å². The van der Waals surface area contributed by atoms with Gasteiger partial charge in [-0.25, -0.2) is 4.39 Å². The molecule has 0 heterocycles. The SMILES string of the molecule is CC[C@@H](C)NC(=O)[C@H](C)N(CCc1ccccc1)C(=O)Cc1ccc(F)cc1. The van der Waals surface area contributed by atoms with Gasteiger partial charge < -0.3 is 10.2 Å². The molecular formula is C23H29FN2O2. The second-order valence-corrected chi connectivity index (χ2v) is 7.12. The van der Waals surface area contributed by atoms with Gasteiger partial charge in [-0.15, -0.1) is 0 Å². The molecule has 2 amide bonds. The molecule has 0 aromatic heterocycles. The molecule has 2 atom stereocenters. The Morgan fingerprint density at radius 1 is 1.00 bits per heavy atom. The van der Waals surface area contributed by atoms with Crippen LogP contribution in [0.2, 0.25) is 0 Å². The van der Waals surface area contributed by atoms with E-state index in [-0.39, 0.29) is 30.1 Å². The quantitative estimate of drug-likeness (QED) is 0.716. The highest BCUT2D eigenvalue weighted by Crippen LogP contribution is 2.11. The predicted molar refractivity (Wildman–Crippen MR) is 109 cm³/mol. The number of halogens is 1. The molecule has 0 spiro atoms. The summed E-state index contributed by atoms with van der Waals surface area (Å²) in [5.74, 6) is -0.636. The molecule has 0 unspecified atom stereocenters. The molecule has 4 nitrogen and oxygen atoms in total. The third kappa shape index (κ3) is 6.48. The molecule has 0 bridgehead atoms. The zero-order chi connectivity index (χ0) is 20.5. The normalized spacial score (nSPS) is 12.9. The highest BCUT2D eigenvalue weighted by Gasteiger charge is 2.26. The van der Waals surface area contributed by atoms with Gasteiger partial charge in [0.05, 0.1) is 6.42 Å². The molecule has 0 fully saturated rings. The van der Waals surface area contributed by atoms with E-state index in [4.69, 9.17) is 0 Å². The van der Waals surface area contributed by atoms with Crippen LogP contribution in [0, 0.1) is 5.82 Å². The average Bonchev–Trinajstić information content (AvgIpc) is 2.70. The Bertz CT molecular complexity index is 762. The van der Waals surface area contributed by atoms with Gasteiger partial charge in [-0.05, 0) is 49.9 Å². The first-order valence-electron chi connectivity index (χ1n) is 9.79. The Hall–Kier alpha value is -2.69. The third-order valence-electron chi connectivity index (χ3n) is 4.92. The molecule has 150 valence electrons. The maximum Gasteiger partial charge on any atom is 0.242 e. The van der Waals surface area contributed by atoms with Crippen LogP contribution in [0.5, 0.6) is 0 Å². The average molecular weight is 384 g/mol. The van der Waals surface area contributed by atoms with Crippen molar-refractivity contribution >= 4 is 11.8 Å². The van der Waals surface area contributed by atoms with Crippen LogP contribution in [0.4, 0.5) is 4.39 Å². The highest BCUT2D eigenvalue weighted by molar-refractivity contribution is 5.88. The van der Waals surface area contributed by atoms with E-state index in [1.165, 1.54) is 12.1 Å². The number of nitrogens with one attached hydrogen (secondary N) is 1. The molecule has 0 aliphatic heterocycles. The molecule has 0 radical (unpaired) electrons. The van der Waals surface area contributed by atoms with Crippen molar-refractivity contribution in [2.24, 2.45) is 0 Å². The lowest BCUT2D eigenvalue weighted by atomic mass is 10.1. The van der Waals surface area contributed by atoms with E-state index < -0.39 is 6.04 Å². The molecule has 0 saturated carbocycles. The summed E-state index contributed by atoms with van der Waals surface area (Å²) in [4.78, 5) is 27.2. The zero-order valence-corrected chi connectivity index (χ0v) is 16.8. The number of carbonyl (C=O) groups is 2. The number of hydrogen-bond donors (Lipinski definition) is 1. The van der Waals surface area contributed by atoms with Gasteiger partial charge in [0, 0.05) is 12.6 Å². The van der Waals surface area contributed by atoms with Gasteiger partial charge in [0.25, 0.3) is 0 Å². The van der Waals surface area contributed by atoms with Crippen molar-refractivity contribution in [3.8, 4) is 0 Å². The lowest BCUT2D eigenvalue weighted by Crippen LogP contribution is -2.50. The van der Waals surface area contributed by atoms with E-state index in [0.717, 1.165) is 17.5 Å². The van der Waals surface area contributed by atoms with Gasteiger partial charge in [0.2, 0.25) is 11.8 Å². The van der Waals surface area contributed by atoms with E-state index in [1.807, 2.05) is 44.2 Å². The van der Waals surface area contributed by atoms with Gasteiger partial charge >= 0.3 is 0 Å². The van der Waals surface area contributed by atoms with Crippen LogP contribution in [-0.4, -0.2) is 35.3 Å². The number of benzene rings is 2. The van der Waals surface area contributed by atoms with E-state index in [9.17, 15) is 14.0 Å². The van der Waals surface area contributed by atoms with Crippen molar-refractivity contribution in [2.45, 2.75) is 52.1 Å². The lowest BCUT2D eigenvalue weighted by molar-refractivity contribution is -0.139. The molecule has 1 N–H and O–H groups in total. The number of rotatable bonds is 9. The van der Waals surface area contributed by atoms with Crippen LogP contribution in [0.25, 0.3) is 0 Å². The fourth-order valence-electron chi connectivity index (χ4n) is 2.91. The van der Waals surface area contributed by atoms with Crippen LogP contribution in [0.3, 0.4) is 0 Å². The Labute approximate surface area is 166 Å². The molecule has 0 aliphatic rings. The van der Waals surface area contributed by atoms with E-state index in [0.29, 0.717) is 13.0 Å². The summed E-state index contributed by atoms with van der Waals surface area (Å²) in [6, 6.07) is 15.2. The summed E-state index contributed by atoms with van der Waals surface area (Å²) in [5, 5.41) is 2.95. The fraction of sp³-hybridized carbons (Fsp3) is 0.391. The standard InChI is InChI=1S/C23H29FN2O2/c1-4-17(2)25-23(28)18(3)26(15-14-19-8-6-5-7-9-19)22(27)16-20-10-12-21(24)13-11-20/h5-13,17-18H,4,14-16H2,1-3H3,(H,25,28)/t17-,18+/m1/s1. The smallest absolute Gasteiger partial charge is 0.242 e. The van der Waals surface area contributed by atoms with E-state index in [2.05, 4.69) is 5.32 Å². The minimum Gasteiger partial charge on any atom is -0.352 e. The van der Waals surface area contributed by atoms with Gasteiger partial charge in [-0.1, -0.05) is 49.4 Å². The van der Waals surface area contributed by atoms with Crippen molar-refractivity contribution in [1.29, 1.82) is 0 Å². The zero-order valence-electron chi connectivity index (χ0n) is 16.8. The van der Waals surface area contributed by atoms with Crippen molar-refractivity contribution in [3.05, 3.63) is 71.5 Å². The molecule has 2 rings (SSSR count). The molecule has 0 aliphatic carbocycles. The monoisotopic (exact) mass is 384 g/mol. The number of nitrogens with zero attached hydrogens (tertiary/aromatic N) is 1. The van der Waals surface area contributed by atoms with Crippen LogP contribution >= 0.6 is 0 Å². The molecule has 2 aromatic carbocycles. The van der Waals surface area contributed by atoms with Crippen LogP contribution in [-0.2, 0) is 22.4 Å². The van der Waals surface area contributed by atoms with Gasteiger partial charge in [-0.2, -0.15) is 0 Å². The van der Waals surface area contributed by atoms with Crippen molar-refractivity contribution < 1.29 is 14.0 Å². The molecule has 0 saturated heterocycles. The number of amides is 2. The summed E-state index contributed by atoms with van der Waals surface area (Å²) in [6.45, 7) is 6.14. The highest BCUT2D eigenvalue weighted by atomic mass is 19.1. The second kappa shape index (κ2) is 10.6. The maximum atomic E-state index is 13.1. The molecule has 2 aromatic rings. The summed E-state index contributed by atoms with van der Waals surface area (Å²) >= 11 is 0. The first kappa shape index (κ1) is 21.6. The summed E-state index contributed by atoms with van der Waals surface area (Å²) in [6.07, 6.45) is 1.62. The van der Waals surface area contributed by atoms with Crippen molar-refractivity contribution in [3.63, 3.8) is 0 Å². The molecule has 28 heavy (non-hydrogen) atoms. The van der Waals surface area contributed by atoms with Crippen LogP contribution in [0.1, 0.15) is 38.3 Å². The van der Waals surface area contributed by atoms with Crippen LogP contribution < -0.4 is 5.32 Å². The molecule has 5 heteroatoms. The Morgan fingerprint density at radius 3 is 2.25 bits per heavy atom. The fourth-order valence-corrected chi connectivity index (χ4v) is 2.91. The molecular weight excluding hydrogens is 355 g/mol. The summed E-state index contributed by atoms with van der Waals surface area (Å²) in [5.41, 5.74) is 1.84.